The van der Waals surface area contributed by atoms with Gasteiger partial charge in [-0.2, -0.15) is 14.9 Å². The fourth-order valence-corrected chi connectivity index (χ4v) is 1.21. The standard InChI is InChI=1S/C8H7N5O/c1-4-6(10)13-7(12-8(4)14)5(2-9)3-11-13/h3H,10H2,1H3,(H,12,14). The van der Waals surface area contributed by atoms with Crippen molar-refractivity contribution in [1.82, 2.24) is 14.6 Å². The summed E-state index contributed by atoms with van der Waals surface area (Å²) in [6.45, 7) is 1.60. The van der Waals surface area contributed by atoms with Gasteiger partial charge in [0.15, 0.2) is 5.65 Å². The van der Waals surface area contributed by atoms with E-state index in [1.54, 1.807) is 6.92 Å². The summed E-state index contributed by atoms with van der Waals surface area (Å²) in [5.74, 6) is 0.255. The summed E-state index contributed by atoms with van der Waals surface area (Å²) in [6.07, 6.45) is 1.36. The molecule has 0 aliphatic rings. The molecule has 0 amide bonds. The summed E-state index contributed by atoms with van der Waals surface area (Å²) in [5.41, 5.74) is 6.39. The highest BCUT2D eigenvalue weighted by atomic mass is 16.1. The van der Waals surface area contributed by atoms with Crippen molar-refractivity contribution in [2.24, 2.45) is 0 Å². The van der Waals surface area contributed by atoms with Crippen molar-refractivity contribution in [3.63, 3.8) is 0 Å². The Bertz CT molecular complexity index is 600. The number of nitrogens with one attached hydrogen (secondary N) is 1. The maximum absolute atomic E-state index is 11.3. The van der Waals surface area contributed by atoms with Crippen LogP contribution in [0, 0.1) is 18.3 Å². The van der Waals surface area contributed by atoms with Gasteiger partial charge in [-0.05, 0) is 6.92 Å². The molecular weight excluding hydrogens is 182 g/mol. The Balaban J connectivity index is 3.03. The lowest BCUT2D eigenvalue weighted by molar-refractivity contribution is 0.931. The molecule has 70 valence electrons. The molecular formula is C8H7N5O. The summed E-state index contributed by atoms with van der Waals surface area (Å²) in [7, 11) is 0. The van der Waals surface area contributed by atoms with Crippen molar-refractivity contribution in [2.45, 2.75) is 6.92 Å². The van der Waals surface area contributed by atoms with Crippen LogP contribution >= 0.6 is 0 Å². The molecule has 0 radical (unpaired) electrons. The van der Waals surface area contributed by atoms with Crippen LogP contribution in [0.25, 0.3) is 5.65 Å². The monoisotopic (exact) mass is 189 g/mol. The number of aromatic amines is 1. The maximum Gasteiger partial charge on any atom is 0.256 e. The van der Waals surface area contributed by atoms with Crippen molar-refractivity contribution in [1.29, 1.82) is 5.26 Å². The predicted octanol–water partition coefficient (Wildman–Crippen LogP) is -0.215. The Hall–Kier alpha value is -2.29. The molecule has 0 aliphatic heterocycles. The summed E-state index contributed by atoms with van der Waals surface area (Å²) < 4.78 is 1.34. The van der Waals surface area contributed by atoms with Crippen molar-refractivity contribution >= 4 is 11.5 Å². The number of nitrogens with two attached hydrogens (primary N) is 1. The lowest BCUT2D eigenvalue weighted by Gasteiger charge is -2.01. The van der Waals surface area contributed by atoms with Gasteiger partial charge in [0.2, 0.25) is 0 Å². The molecule has 6 nitrogen and oxygen atoms in total. The van der Waals surface area contributed by atoms with E-state index in [1.807, 2.05) is 6.07 Å². The van der Waals surface area contributed by atoms with Crippen molar-refractivity contribution in [3.8, 4) is 6.07 Å². The van der Waals surface area contributed by atoms with Crippen molar-refractivity contribution in [2.75, 3.05) is 5.73 Å². The quantitative estimate of drug-likeness (QED) is 0.598. The Kier molecular flexibility index (Phi) is 1.54. The first-order valence-electron chi connectivity index (χ1n) is 3.91. The topological polar surface area (TPSA) is 100.0 Å². The smallest absolute Gasteiger partial charge is 0.256 e. The van der Waals surface area contributed by atoms with E-state index >= 15 is 0 Å². The van der Waals surface area contributed by atoms with Gasteiger partial charge >= 0.3 is 0 Å². The van der Waals surface area contributed by atoms with Crippen LogP contribution < -0.4 is 11.3 Å². The normalized spacial score (nSPS) is 10.3. The number of nitriles is 1. The van der Waals surface area contributed by atoms with Gasteiger partial charge in [0, 0.05) is 0 Å². The lowest BCUT2D eigenvalue weighted by Crippen LogP contribution is -2.16. The molecule has 6 heteroatoms. The molecule has 0 atom stereocenters. The van der Waals surface area contributed by atoms with Crippen LogP contribution in [0.1, 0.15) is 11.1 Å². The highest BCUT2D eigenvalue weighted by molar-refractivity contribution is 5.58. The molecule has 0 fully saturated rings. The minimum Gasteiger partial charge on any atom is -0.383 e. The van der Waals surface area contributed by atoms with Crippen LogP contribution in [-0.2, 0) is 0 Å². The first-order valence-corrected chi connectivity index (χ1v) is 3.91. The number of hydrogen-bond acceptors (Lipinski definition) is 4. The molecule has 2 aromatic rings. The van der Waals surface area contributed by atoms with E-state index in [1.165, 1.54) is 10.7 Å². The Morgan fingerprint density at radius 3 is 3.07 bits per heavy atom. The van der Waals surface area contributed by atoms with Crippen LogP contribution in [0.2, 0.25) is 0 Å². The molecule has 0 aromatic carbocycles. The first-order chi connectivity index (χ1) is 6.65. The summed E-state index contributed by atoms with van der Waals surface area (Å²) >= 11 is 0. The molecule has 0 spiro atoms. The third kappa shape index (κ3) is 0.894. The summed E-state index contributed by atoms with van der Waals surface area (Å²) in [5, 5.41) is 12.6. The summed E-state index contributed by atoms with van der Waals surface area (Å²) in [6, 6.07) is 1.91. The number of nitrogens with zero attached hydrogens (tertiary/aromatic N) is 3. The molecule has 0 saturated heterocycles. The second-order valence-corrected chi connectivity index (χ2v) is 2.89. The largest absolute Gasteiger partial charge is 0.383 e. The highest BCUT2D eigenvalue weighted by Gasteiger charge is 2.10. The van der Waals surface area contributed by atoms with Crippen molar-refractivity contribution < 1.29 is 0 Å². The van der Waals surface area contributed by atoms with E-state index < -0.39 is 0 Å². The van der Waals surface area contributed by atoms with Gasteiger partial charge in [-0.25, -0.2) is 0 Å². The lowest BCUT2D eigenvalue weighted by atomic mass is 10.3. The number of hydrogen-bond donors (Lipinski definition) is 2. The SMILES string of the molecule is Cc1c(N)n2ncc(C#N)c2[nH]c1=O. The molecule has 2 rings (SSSR count). The van der Waals surface area contributed by atoms with E-state index in [9.17, 15) is 4.79 Å². The molecule has 3 N–H and O–H groups in total. The van der Waals surface area contributed by atoms with Gasteiger partial charge in [-0.3, -0.25) is 4.79 Å². The average molecular weight is 189 g/mol. The van der Waals surface area contributed by atoms with Crippen LogP contribution in [-0.4, -0.2) is 14.6 Å². The number of nitrogen functional groups attached to an aromatic ring is 1. The predicted molar refractivity (Wildman–Crippen MR) is 49.7 cm³/mol. The molecule has 2 aromatic heterocycles. The zero-order valence-electron chi connectivity index (χ0n) is 7.40. The fraction of sp³-hybridized carbons (Fsp3) is 0.125. The summed E-state index contributed by atoms with van der Waals surface area (Å²) in [4.78, 5) is 13.9. The Morgan fingerprint density at radius 2 is 2.43 bits per heavy atom. The molecule has 0 bridgehead atoms. The molecule has 2 heterocycles. The number of H-pyrrole nitrogens is 1. The third-order valence-electron chi connectivity index (χ3n) is 2.07. The van der Waals surface area contributed by atoms with E-state index in [2.05, 4.69) is 10.1 Å². The van der Waals surface area contributed by atoms with Crippen LogP contribution in [0.15, 0.2) is 11.0 Å². The van der Waals surface area contributed by atoms with Crippen molar-refractivity contribution in [3.05, 3.63) is 27.7 Å². The number of aromatic nitrogens is 3. The minimum atomic E-state index is -0.299. The van der Waals surface area contributed by atoms with E-state index in [-0.39, 0.29) is 11.4 Å². The van der Waals surface area contributed by atoms with Gasteiger partial charge < -0.3 is 10.7 Å². The van der Waals surface area contributed by atoms with Crippen LogP contribution in [0.3, 0.4) is 0 Å². The molecule has 14 heavy (non-hydrogen) atoms. The zero-order chi connectivity index (χ0) is 10.3. The molecule has 0 saturated carbocycles. The fourth-order valence-electron chi connectivity index (χ4n) is 1.21. The third-order valence-corrected chi connectivity index (χ3v) is 2.07. The van der Waals surface area contributed by atoms with E-state index in [0.29, 0.717) is 16.8 Å². The van der Waals surface area contributed by atoms with Gasteiger partial charge in [0.1, 0.15) is 17.5 Å². The average Bonchev–Trinajstić information content (AvgIpc) is 2.57. The van der Waals surface area contributed by atoms with Gasteiger partial charge in [0.25, 0.3) is 5.56 Å². The number of rotatable bonds is 0. The Morgan fingerprint density at radius 1 is 1.71 bits per heavy atom. The van der Waals surface area contributed by atoms with Crippen LogP contribution in [0.5, 0.6) is 0 Å². The minimum absolute atomic E-state index is 0.255. The zero-order valence-corrected chi connectivity index (χ0v) is 7.40. The second kappa shape index (κ2) is 2.60. The highest BCUT2D eigenvalue weighted by Crippen LogP contribution is 2.10. The van der Waals surface area contributed by atoms with E-state index in [0.717, 1.165) is 0 Å². The van der Waals surface area contributed by atoms with E-state index in [4.69, 9.17) is 11.0 Å². The molecule has 0 aliphatic carbocycles. The van der Waals surface area contributed by atoms with Gasteiger partial charge in [-0.1, -0.05) is 0 Å². The van der Waals surface area contributed by atoms with Gasteiger partial charge in [0.05, 0.1) is 11.8 Å². The van der Waals surface area contributed by atoms with Crippen LogP contribution in [0.4, 0.5) is 5.82 Å². The van der Waals surface area contributed by atoms with Gasteiger partial charge in [-0.15, -0.1) is 0 Å². The molecule has 0 unspecified atom stereocenters. The maximum atomic E-state index is 11.3. The Labute approximate surface area is 78.6 Å². The second-order valence-electron chi connectivity index (χ2n) is 2.89. The number of fused-ring (bicyclic) bond motifs is 1. The number of anilines is 1. The first kappa shape index (κ1) is 8.31.